The number of nitrogens with zero attached hydrogens (tertiary/aromatic N) is 1. The molecule has 2 saturated heterocycles. The van der Waals surface area contributed by atoms with Crippen molar-refractivity contribution in [2.45, 2.75) is 19.3 Å². The number of hydrogen-bond donors (Lipinski definition) is 1. The number of allylic oxidation sites excluding steroid dienone is 1. The lowest BCUT2D eigenvalue weighted by Gasteiger charge is -2.33. The molecule has 1 aromatic rings. The number of likely N-dealkylation sites (tertiary alicyclic amines) is 1. The topological polar surface area (TPSA) is 66.8 Å². The number of aryl methyl sites for hydroxylation is 1. The van der Waals surface area contributed by atoms with Gasteiger partial charge in [0.05, 0.1) is 12.0 Å². The van der Waals surface area contributed by atoms with Crippen LogP contribution in [0.3, 0.4) is 0 Å². The summed E-state index contributed by atoms with van der Waals surface area (Å²) in [6.07, 6.45) is 6.66. The fourth-order valence-electron chi connectivity index (χ4n) is 4.20. The summed E-state index contributed by atoms with van der Waals surface area (Å²) in [5.41, 5.74) is 2.17. The molecule has 1 aliphatic carbocycles. The molecule has 0 unspecified atom stereocenters. The Morgan fingerprint density at radius 3 is 3.00 bits per heavy atom. The molecule has 2 heterocycles. The summed E-state index contributed by atoms with van der Waals surface area (Å²) in [6.45, 7) is 1.62. The van der Waals surface area contributed by atoms with Crippen LogP contribution in [0.5, 0.6) is 0 Å². The number of hydrogen-bond acceptors (Lipinski definition) is 3. The summed E-state index contributed by atoms with van der Waals surface area (Å²) < 4.78 is 5.46. The van der Waals surface area contributed by atoms with Crippen molar-refractivity contribution in [2.75, 3.05) is 26.3 Å². The first-order chi connectivity index (χ1) is 11.6. The van der Waals surface area contributed by atoms with Gasteiger partial charge in [0.15, 0.2) is 0 Å². The average Bonchev–Trinajstić information content (AvgIpc) is 3.02. The zero-order valence-corrected chi connectivity index (χ0v) is 13.5. The number of amides is 1. The minimum atomic E-state index is -0.842. The lowest BCUT2D eigenvalue weighted by atomic mass is 9.74. The molecule has 2 aliphatic heterocycles. The van der Waals surface area contributed by atoms with E-state index < -0.39 is 11.4 Å². The predicted octanol–water partition coefficient (Wildman–Crippen LogP) is 2.21. The van der Waals surface area contributed by atoms with E-state index in [1.165, 1.54) is 11.1 Å². The summed E-state index contributed by atoms with van der Waals surface area (Å²) >= 11 is 0. The molecule has 0 radical (unpaired) electrons. The molecule has 2 atom stereocenters. The van der Waals surface area contributed by atoms with Gasteiger partial charge >= 0.3 is 5.97 Å². The van der Waals surface area contributed by atoms with Gasteiger partial charge in [-0.3, -0.25) is 9.59 Å². The van der Waals surface area contributed by atoms with Crippen molar-refractivity contribution in [1.82, 2.24) is 4.90 Å². The Kier molecular flexibility index (Phi) is 3.68. The van der Waals surface area contributed by atoms with Crippen molar-refractivity contribution in [1.29, 1.82) is 0 Å². The maximum atomic E-state index is 12.9. The fraction of sp³-hybridized carbons (Fsp3) is 0.474. The van der Waals surface area contributed by atoms with Crippen LogP contribution in [0.25, 0.3) is 6.08 Å². The molecule has 1 aromatic carbocycles. The zero-order valence-electron chi connectivity index (χ0n) is 13.5. The quantitative estimate of drug-likeness (QED) is 0.904. The molecule has 3 aliphatic rings. The lowest BCUT2D eigenvalue weighted by Crippen LogP contribution is -2.45. The molecular formula is C19H21NO4. The second-order valence-electron chi connectivity index (χ2n) is 7.02. The Labute approximate surface area is 140 Å². The van der Waals surface area contributed by atoms with Crippen LogP contribution in [0.4, 0.5) is 0 Å². The van der Waals surface area contributed by atoms with Crippen LogP contribution < -0.4 is 0 Å². The summed E-state index contributed by atoms with van der Waals surface area (Å²) in [4.78, 5) is 26.5. The first-order valence-electron chi connectivity index (χ1n) is 8.50. The Balaban J connectivity index is 1.59. The second kappa shape index (κ2) is 5.74. The van der Waals surface area contributed by atoms with Crippen LogP contribution in [0.1, 0.15) is 34.3 Å². The van der Waals surface area contributed by atoms with Gasteiger partial charge in [-0.25, -0.2) is 0 Å². The first-order valence-corrected chi connectivity index (χ1v) is 8.50. The van der Waals surface area contributed by atoms with Crippen molar-refractivity contribution in [3.05, 3.63) is 41.0 Å². The predicted molar refractivity (Wildman–Crippen MR) is 88.7 cm³/mol. The standard InChI is InChI=1S/C19H21NO4/c21-17(15-6-5-13-3-1-2-4-14(13)9-15)20-10-16-11-24-8-7-19(16,12-20)18(22)23/h1,3,5-6,9,16H,2,4,7-8,10-12H2,(H,22,23)/t16-,19+/m0/s1. The van der Waals surface area contributed by atoms with Gasteiger partial charge in [0.1, 0.15) is 0 Å². The van der Waals surface area contributed by atoms with Gasteiger partial charge in [-0.2, -0.15) is 0 Å². The highest BCUT2D eigenvalue weighted by Gasteiger charge is 2.54. The number of ether oxygens (including phenoxy) is 1. The monoisotopic (exact) mass is 327 g/mol. The first kappa shape index (κ1) is 15.4. The molecule has 5 nitrogen and oxygen atoms in total. The zero-order chi connectivity index (χ0) is 16.7. The second-order valence-corrected chi connectivity index (χ2v) is 7.02. The molecule has 2 fully saturated rings. The van der Waals surface area contributed by atoms with E-state index in [0.29, 0.717) is 31.7 Å². The van der Waals surface area contributed by atoms with Crippen LogP contribution in [-0.4, -0.2) is 48.2 Å². The molecule has 0 bridgehead atoms. The molecule has 4 rings (SSSR count). The third-order valence-electron chi connectivity index (χ3n) is 5.69. The highest BCUT2D eigenvalue weighted by molar-refractivity contribution is 5.95. The fourth-order valence-corrected chi connectivity index (χ4v) is 4.20. The number of aliphatic carboxylic acids is 1. The number of carbonyl (C=O) groups excluding carboxylic acids is 1. The summed E-state index contributed by atoms with van der Waals surface area (Å²) in [7, 11) is 0. The summed E-state index contributed by atoms with van der Waals surface area (Å²) in [6, 6.07) is 5.80. The average molecular weight is 327 g/mol. The van der Waals surface area contributed by atoms with Gasteiger partial charge in [-0.1, -0.05) is 18.2 Å². The van der Waals surface area contributed by atoms with Crippen LogP contribution in [-0.2, 0) is 16.0 Å². The molecule has 0 saturated carbocycles. The van der Waals surface area contributed by atoms with E-state index in [2.05, 4.69) is 12.2 Å². The van der Waals surface area contributed by atoms with E-state index in [9.17, 15) is 14.7 Å². The normalized spacial score (nSPS) is 28.3. The van der Waals surface area contributed by atoms with Gasteiger partial charge in [-0.15, -0.1) is 0 Å². The molecule has 0 aromatic heterocycles. The number of carboxylic acids is 1. The van der Waals surface area contributed by atoms with Gasteiger partial charge in [-0.05, 0) is 42.5 Å². The van der Waals surface area contributed by atoms with E-state index in [0.717, 1.165) is 12.8 Å². The van der Waals surface area contributed by atoms with Crippen molar-refractivity contribution < 1.29 is 19.4 Å². The van der Waals surface area contributed by atoms with Crippen LogP contribution in [0.15, 0.2) is 24.3 Å². The molecule has 24 heavy (non-hydrogen) atoms. The Morgan fingerprint density at radius 2 is 2.21 bits per heavy atom. The van der Waals surface area contributed by atoms with Crippen LogP contribution in [0, 0.1) is 11.3 Å². The van der Waals surface area contributed by atoms with Gasteiger partial charge in [0, 0.05) is 31.2 Å². The number of rotatable bonds is 2. The van der Waals surface area contributed by atoms with E-state index in [1.54, 1.807) is 4.90 Å². The highest BCUT2D eigenvalue weighted by atomic mass is 16.5. The van der Waals surface area contributed by atoms with E-state index in [1.807, 2.05) is 18.2 Å². The van der Waals surface area contributed by atoms with E-state index >= 15 is 0 Å². The third kappa shape index (κ3) is 2.35. The van der Waals surface area contributed by atoms with Gasteiger partial charge in [0.25, 0.3) is 5.91 Å². The highest BCUT2D eigenvalue weighted by Crippen LogP contribution is 2.42. The number of fused-ring (bicyclic) bond motifs is 2. The van der Waals surface area contributed by atoms with Crippen molar-refractivity contribution >= 4 is 18.0 Å². The number of carbonyl (C=O) groups is 2. The largest absolute Gasteiger partial charge is 0.481 e. The summed E-state index contributed by atoms with van der Waals surface area (Å²) in [5, 5.41) is 9.73. The Hall–Kier alpha value is -2.14. The SMILES string of the molecule is O=C(c1ccc2c(c1)CCC=C2)N1C[C@H]2COCC[C@@]2(C(=O)O)C1. The molecule has 0 spiro atoms. The molecule has 5 heteroatoms. The molecule has 126 valence electrons. The smallest absolute Gasteiger partial charge is 0.311 e. The van der Waals surface area contributed by atoms with Crippen LogP contribution in [0.2, 0.25) is 0 Å². The van der Waals surface area contributed by atoms with Crippen LogP contribution >= 0.6 is 0 Å². The van der Waals surface area contributed by atoms with E-state index in [-0.39, 0.29) is 18.4 Å². The summed E-state index contributed by atoms with van der Waals surface area (Å²) in [5.74, 6) is -0.989. The molecular weight excluding hydrogens is 306 g/mol. The lowest BCUT2D eigenvalue weighted by molar-refractivity contribution is -0.157. The third-order valence-corrected chi connectivity index (χ3v) is 5.69. The minimum absolute atomic E-state index is 0.0672. The van der Waals surface area contributed by atoms with Crippen molar-refractivity contribution in [2.24, 2.45) is 11.3 Å². The Bertz CT molecular complexity index is 726. The van der Waals surface area contributed by atoms with Gasteiger partial charge < -0.3 is 14.7 Å². The number of benzene rings is 1. The Morgan fingerprint density at radius 1 is 1.33 bits per heavy atom. The maximum Gasteiger partial charge on any atom is 0.311 e. The maximum absolute atomic E-state index is 12.9. The minimum Gasteiger partial charge on any atom is -0.481 e. The van der Waals surface area contributed by atoms with E-state index in [4.69, 9.17) is 4.74 Å². The van der Waals surface area contributed by atoms with Crippen molar-refractivity contribution in [3.8, 4) is 0 Å². The molecule has 1 N–H and O–H groups in total. The van der Waals surface area contributed by atoms with Gasteiger partial charge in [0.2, 0.25) is 0 Å². The van der Waals surface area contributed by atoms with Crippen molar-refractivity contribution in [3.63, 3.8) is 0 Å². The number of carboxylic acid groups (broad SMARTS) is 1. The molecule has 1 amide bonds.